The molecule has 2 rings (SSSR count). The zero-order valence-corrected chi connectivity index (χ0v) is 11.1. The molecule has 0 aliphatic carbocycles. The number of ether oxygens (including phenoxy) is 1. The van der Waals surface area contributed by atoms with Crippen molar-refractivity contribution in [3.8, 4) is 5.75 Å². The molecule has 4 nitrogen and oxygen atoms in total. The minimum absolute atomic E-state index is 0.0428. The molecule has 1 heterocycles. The Labute approximate surface area is 114 Å². The van der Waals surface area contributed by atoms with Crippen molar-refractivity contribution in [3.05, 3.63) is 56.7 Å². The Morgan fingerprint density at radius 1 is 1.39 bits per heavy atom. The molecule has 2 aromatic rings. The number of hydrogen-bond acceptors (Lipinski definition) is 3. The third-order valence-corrected chi connectivity index (χ3v) is 2.90. The highest BCUT2D eigenvalue weighted by Crippen LogP contribution is 2.16. The molecule has 0 aliphatic heterocycles. The summed E-state index contributed by atoms with van der Waals surface area (Å²) >= 11 is 11.6. The highest BCUT2D eigenvalue weighted by Gasteiger charge is 2.10. The molecule has 0 unspecified atom stereocenters. The summed E-state index contributed by atoms with van der Waals surface area (Å²) < 4.78 is 6.34. The zero-order chi connectivity index (χ0) is 13.1. The van der Waals surface area contributed by atoms with Crippen molar-refractivity contribution in [2.45, 2.75) is 6.54 Å². The molecule has 1 aromatic carbocycles. The van der Waals surface area contributed by atoms with Crippen LogP contribution in [0, 0.1) is 0 Å². The summed E-state index contributed by atoms with van der Waals surface area (Å²) in [6.07, 6.45) is 1.38. The van der Waals surface area contributed by atoms with E-state index in [1.54, 1.807) is 12.1 Å². The van der Waals surface area contributed by atoms with Crippen LogP contribution in [-0.2, 0) is 6.54 Å². The van der Waals surface area contributed by atoms with E-state index in [0.29, 0.717) is 11.6 Å². The Morgan fingerprint density at radius 2 is 2.17 bits per heavy atom. The van der Waals surface area contributed by atoms with Gasteiger partial charge in [0.15, 0.2) is 5.15 Å². The maximum Gasteiger partial charge on any atom is 0.297 e. The smallest absolute Gasteiger partial charge is 0.297 e. The van der Waals surface area contributed by atoms with Crippen molar-refractivity contribution in [2.24, 2.45) is 0 Å². The van der Waals surface area contributed by atoms with Gasteiger partial charge in [-0.05, 0) is 17.7 Å². The van der Waals surface area contributed by atoms with Crippen LogP contribution in [0.25, 0.3) is 0 Å². The van der Waals surface area contributed by atoms with E-state index in [4.69, 9.17) is 27.9 Å². The maximum atomic E-state index is 12.0. The van der Waals surface area contributed by atoms with Gasteiger partial charge in [0.1, 0.15) is 0 Å². The SMILES string of the molecule is COc1c(Cl)ncn(Cc2cccc(Cl)c2)c1=O. The Balaban J connectivity index is 2.39. The van der Waals surface area contributed by atoms with Crippen LogP contribution in [-0.4, -0.2) is 16.7 Å². The van der Waals surface area contributed by atoms with E-state index in [1.165, 1.54) is 18.0 Å². The standard InChI is InChI=1S/C12H10Cl2N2O2/c1-18-10-11(14)15-7-16(12(10)17)6-8-3-2-4-9(13)5-8/h2-5,7H,6H2,1H3. The third kappa shape index (κ3) is 2.66. The molecule has 0 N–H and O–H groups in total. The molecule has 6 heteroatoms. The highest BCUT2D eigenvalue weighted by molar-refractivity contribution is 6.31. The predicted molar refractivity (Wildman–Crippen MR) is 70.6 cm³/mol. The molecule has 0 bridgehead atoms. The van der Waals surface area contributed by atoms with Crippen LogP contribution >= 0.6 is 23.2 Å². The van der Waals surface area contributed by atoms with Gasteiger partial charge >= 0.3 is 0 Å². The Kier molecular flexibility index (Phi) is 3.89. The third-order valence-electron chi connectivity index (χ3n) is 2.40. The molecular weight excluding hydrogens is 275 g/mol. The molecule has 0 aliphatic rings. The first-order valence-electron chi connectivity index (χ1n) is 5.15. The lowest BCUT2D eigenvalue weighted by Crippen LogP contribution is -2.22. The lowest BCUT2D eigenvalue weighted by Gasteiger charge is -2.08. The molecule has 18 heavy (non-hydrogen) atoms. The highest BCUT2D eigenvalue weighted by atomic mass is 35.5. The molecule has 1 aromatic heterocycles. The van der Waals surface area contributed by atoms with Gasteiger partial charge in [-0.2, -0.15) is 0 Å². The van der Waals surface area contributed by atoms with Crippen LogP contribution < -0.4 is 10.3 Å². The van der Waals surface area contributed by atoms with Gasteiger partial charge in [0.2, 0.25) is 5.75 Å². The van der Waals surface area contributed by atoms with E-state index < -0.39 is 0 Å². The molecule has 0 amide bonds. The minimum Gasteiger partial charge on any atom is -0.489 e. The second-order valence-electron chi connectivity index (χ2n) is 3.63. The molecular formula is C12H10Cl2N2O2. The molecule has 0 saturated heterocycles. The first-order chi connectivity index (χ1) is 8.61. The number of aromatic nitrogens is 2. The fraction of sp³-hybridized carbons (Fsp3) is 0.167. The summed E-state index contributed by atoms with van der Waals surface area (Å²) in [5.74, 6) is 0.0428. The zero-order valence-electron chi connectivity index (χ0n) is 9.56. The molecule has 0 spiro atoms. The lowest BCUT2D eigenvalue weighted by atomic mass is 10.2. The van der Waals surface area contributed by atoms with E-state index in [1.807, 2.05) is 12.1 Å². The fourth-order valence-electron chi connectivity index (χ4n) is 1.57. The molecule has 0 radical (unpaired) electrons. The van der Waals surface area contributed by atoms with Crippen molar-refractivity contribution in [1.29, 1.82) is 0 Å². The largest absolute Gasteiger partial charge is 0.489 e. The summed E-state index contributed by atoms with van der Waals surface area (Å²) in [6.45, 7) is 0.361. The molecule has 0 saturated carbocycles. The summed E-state index contributed by atoms with van der Waals surface area (Å²) in [4.78, 5) is 15.9. The van der Waals surface area contributed by atoms with Gasteiger partial charge in [-0.25, -0.2) is 4.98 Å². The van der Waals surface area contributed by atoms with Crippen LogP contribution in [0.3, 0.4) is 0 Å². The van der Waals surface area contributed by atoms with Crippen molar-refractivity contribution in [3.63, 3.8) is 0 Å². The van der Waals surface area contributed by atoms with Gasteiger partial charge in [-0.3, -0.25) is 9.36 Å². The Bertz CT molecular complexity index is 626. The van der Waals surface area contributed by atoms with E-state index >= 15 is 0 Å². The summed E-state index contributed by atoms with van der Waals surface area (Å²) in [7, 11) is 1.38. The first kappa shape index (κ1) is 12.9. The molecule has 0 atom stereocenters. The number of nitrogens with zero attached hydrogens (tertiary/aromatic N) is 2. The van der Waals surface area contributed by atoms with Crippen LogP contribution in [0.5, 0.6) is 5.75 Å². The van der Waals surface area contributed by atoms with Crippen LogP contribution in [0.1, 0.15) is 5.56 Å². The number of halogens is 2. The fourth-order valence-corrected chi connectivity index (χ4v) is 1.98. The van der Waals surface area contributed by atoms with Crippen molar-refractivity contribution < 1.29 is 4.74 Å². The second kappa shape index (κ2) is 5.42. The van der Waals surface area contributed by atoms with Crippen molar-refractivity contribution in [1.82, 2.24) is 9.55 Å². The number of benzene rings is 1. The summed E-state index contributed by atoms with van der Waals surface area (Å²) in [5.41, 5.74) is 0.577. The molecule has 94 valence electrons. The summed E-state index contributed by atoms with van der Waals surface area (Å²) in [6, 6.07) is 7.26. The predicted octanol–water partition coefficient (Wildman–Crippen LogP) is 2.61. The van der Waals surface area contributed by atoms with E-state index in [2.05, 4.69) is 4.98 Å². The van der Waals surface area contributed by atoms with E-state index in [-0.39, 0.29) is 16.5 Å². The quantitative estimate of drug-likeness (QED) is 0.814. The number of rotatable bonds is 3. The van der Waals surface area contributed by atoms with Gasteiger partial charge in [-0.1, -0.05) is 35.3 Å². The minimum atomic E-state index is -0.322. The van der Waals surface area contributed by atoms with Crippen LogP contribution in [0.4, 0.5) is 0 Å². The Morgan fingerprint density at radius 3 is 2.83 bits per heavy atom. The average Bonchev–Trinajstić information content (AvgIpc) is 2.34. The van der Waals surface area contributed by atoms with Crippen molar-refractivity contribution >= 4 is 23.2 Å². The van der Waals surface area contributed by atoms with Gasteiger partial charge < -0.3 is 4.74 Å². The summed E-state index contributed by atoms with van der Waals surface area (Å²) in [5, 5.41) is 0.680. The van der Waals surface area contributed by atoms with Crippen molar-refractivity contribution in [2.75, 3.05) is 7.11 Å². The maximum absolute atomic E-state index is 12.0. The van der Waals surface area contributed by atoms with Gasteiger partial charge in [0.25, 0.3) is 5.56 Å². The Hall–Kier alpha value is -1.52. The van der Waals surface area contributed by atoms with Gasteiger partial charge in [0.05, 0.1) is 20.0 Å². The number of hydrogen-bond donors (Lipinski definition) is 0. The normalized spacial score (nSPS) is 10.4. The first-order valence-corrected chi connectivity index (χ1v) is 5.91. The van der Waals surface area contributed by atoms with Gasteiger partial charge in [0, 0.05) is 5.02 Å². The van der Waals surface area contributed by atoms with Gasteiger partial charge in [-0.15, -0.1) is 0 Å². The molecule has 0 fully saturated rings. The topological polar surface area (TPSA) is 44.1 Å². The van der Waals surface area contributed by atoms with Crippen LogP contribution in [0.2, 0.25) is 10.2 Å². The number of methoxy groups -OCH3 is 1. The average molecular weight is 285 g/mol. The van der Waals surface area contributed by atoms with E-state index in [9.17, 15) is 4.79 Å². The lowest BCUT2D eigenvalue weighted by molar-refractivity contribution is 0.401. The second-order valence-corrected chi connectivity index (χ2v) is 4.43. The monoisotopic (exact) mass is 284 g/mol. The van der Waals surface area contributed by atoms with E-state index in [0.717, 1.165) is 5.56 Å². The van der Waals surface area contributed by atoms with Crippen LogP contribution in [0.15, 0.2) is 35.4 Å².